The largest absolute Gasteiger partial charge is 0.396 e. The molecule has 0 aromatic heterocycles. The van der Waals surface area contributed by atoms with E-state index in [9.17, 15) is 5.11 Å². The first kappa shape index (κ1) is 13.4. The van der Waals surface area contributed by atoms with Crippen LogP contribution in [-0.4, -0.2) is 38.0 Å². The summed E-state index contributed by atoms with van der Waals surface area (Å²) in [6.07, 6.45) is 2.35. The number of fused-ring (bicyclic) bond motifs is 1. The van der Waals surface area contributed by atoms with E-state index in [0.717, 1.165) is 19.5 Å². The molecule has 0 radical (unpaired) electrons. The third-order valence-corrected chi connectivity index (χ3v) is 5.11. The fourth-order valence-corrected chi connectivity index (χ4v) is 3.33. The maximum Gasteiger partial charge on any atom is 0.0584 e. The second kappa shape index (κ2) is 5.08. The highest BCUT2D eigenvalue weighted by Gasteiger charge is 2.40. The molecule has 0 saturated carbocycles. The van der Waals surface area contributed by atoms with Crippen LogP contribution in [0.5, 0.6) is 0 Å². The van der Waals surface area contributed by atoms with Gasteiger partial charge in [0.05, 0.1) is 25.2 Å². The molecule has 0 bridgehead atoms. The lowest BCUT2D eigenvalue weighted by atomic mass is 9.85. The van der Waals surface area contributed by atoms with Crippen LogP contribution in [0, 0.1) is 12.3 Å². The first-order chi connectivity index (χ1) is 9.13. The summed E-state index contributed by atoms with van der Waals surface area (Å²) in [5.74, 6) is 0. The Labute approximate surface area is 122 Å². The standard InChI is InChI=1S/C15H20BrNO2/c1-11-5-12-3-2-4-17(14(12)6-13(11)16)7-15(8-18)9-19-10-15/h5-6,18H,2-4,7-10H2,1H3. The lowest BCUT2D eigenvalue weighted by molar-refractivity contribution is -0.131. The molecule has 3 rings (SSSR count). The molecule has 2 aliphatic heterocycles. The molecule has 0 spiro atoms. The first-order valence-corrected chi connectivity index (χ1v) is 7.65. The Bertz CT molecular complexity index is 480. The minimum absolute atomic E-state index is 0.0496. The fourth-order valence-electron chi connectivity index (χ4n) is 3.00. The van der Waals surface area contributed by atoms with E-state index in [-0.39, 0.29) is 12.0 Å². The number of anilines is 1. The molecule has 3 nitrogen and oxygen atoms in total. The Morgan fingerprint density at radius 3 is 2.84 bits per heavy atom. The number of nitrogens with zero attached hydrogens (tertiary/aromatic N) is 1. The number of rotatable bonds is 3. The van der Waals surface area contributed by atoms with Crippen molar-refractivity contribution < 1.29 is 9.84 Å². The molecular weight excluding hydrogens is 306 g/mol. The number of aliphatic hydroxyl groups is 1. The van der Waals surface area contributed by atoms with Gasteiger partial charge in [-0.15, -0.1) is 0 Å². The average Bonchev–Trinajstić information content (AvgIpc) is 2.36. The van der Waals surface area contributed by atoms with Gasteiger partial charge in [-0.1, -0.05) is 22.0 Å². The number of benzene rings is 1. The normalized spacial score (nSPS) is 20.9. The molecular formula is C15H20BrNO2. The molecule has 0 unspecified atom stereocenters. The molecule has 1 fully saturated rings. The molecule has 4 heteroatoms. The summed E-state index contributed by atoms with van der Waals surface area (Å²) in [4.78, 5) is 2.42. The van der Waals surface area contributed by atoms with Crippen LogP contribution in [0.3, 0.4) is 0 Å². The quantitative estimate of drug-likeness (QED) is 0.926. The van der Waals surface area contributed by atoms with Gasteiger partial charge in [0.15, 0.2) is 0 Å². The zero-order valence-electron chi connectivity index (χ0n) is 11.3. The maximum atomic E-state index is 9.60. The first-order valence-electron chi connectivity index (χ1n) is 6.86. The van der Waals surface area contributed by atoms with Crippen LogP contribution in [0.2, 0.25) is 0 Å². The Morgan fingerprint density at radius 1 is 1.42 bits per heavy atom. The second-order valence-electron chi connectivity index (χ2n) is 5.91. The van der Waals surface area contributed by atoms with Crippen LogP contribution >= 0.6 is 15.9 Å². The Kier molecular flexibility index (Phi) is 3.58. The fraction of sp³-hybridized carbons (Fsp3) is 0.600. The molecule has 1 saturated heterocycles. The summed E-state index contributed by atoms with van der Waals surface area (Å²) >= 11 is 3.63. The third-order valence-electron chi connectivity index (χ3n) is 4.25. The van der Waals surface area contributed by atoms with Gasteiger partial charge in [0.25, 0.3) is 0 Å². The predicted octanol–water partition coefficient (Wildman–Crippen LogP) is 2.52. The van der Waals surface area contributed by atoms with Crippen molar-refractivity contribution in [2.45, 2.75) is 19.8 Å². The molecule has 19 heavy (non-hydrogen) atoms. The molecule has 104 valence electrons. The van der Waals surface area contributed by atoms with E-state index < -0.39 is 0 Å². The van der Waals surface area contributed by atoms with E-state index in [0.29, 0.717) is 13.2 Å². The van der Waals surface area contributed by atoms with E-state index in [1.54, 1.807) is 0 Å². The molecule has 1 N–H and O–H groups in total. The third kappa shape index (κ3) is 2.41. The maximum absolute atomic E-state index is 9.60. The number of halogens is 1. The lowest BCUT2D eigenvalue weighted by Gasteiger charge is -2.45. The number of ether oxygens (including phenoxy) is 1. The number of hydrogen-bond donors (Lipinski definition) is 1. The highest BCUT2D eigenvalue weighted by atomic mass is 79.9. The van der Waals surface area contributed by atoms with Crippen molar-refractivity contribution in [3.05, 3.63) is 27.7 Å². The van der Waals surface area contributed by atoms with Gasteiger partial charge < -0.3 is 14.7 Å². The topological polar surface area (TPSA) is 32.7 Å². The Hall–Kier alpha value is -0.580. The van der Waals surface area contributed by atoms with Crippen LogP contribution in [0.1, 0.15) is 17.5 Å². The summed E-state index contributed by atoms with van der Waals surface area (Å²) in [6.45, 7) is 5.69. The van der Waals surface area contributed by atoms with E-state index in [1.807, 2.05) is 0 Å². The van der Waals surface area contributed by atoms with Gasteiger partial charge in [0, 0.05) is 23.2 Å². The minimum atomic E-state index is -0.0496. The zero-order chi connectivity index (χ0) is 13.5. The van der Waals surface area contributed by atoms with Gasteiger partial charge in [-0.2, -0.15) is 0 Å². The highest BCUT2D eigenvalue weighted by Crippen LogP contribution is 2.36. The van der Waals surface area contributed by atoms with Crippen molar-refractivity contribution >= 4 is 21.6 Å². The van der Waals surface area contributed by atoms with Gasteiger partial charge in [-0.25, -0.2) is 0 Å². The van der Waals surface area contributed by atoms with Crippen LogP contribution in [0.4, 0.5) is 5.69 Å². The van der Waals surface area contributed by atoms with Crippen LogP contribution in [-0.2, 0) is 11.2 Å². The Morgan fingerprint density at radius 2 is 2.21 bits per heavy atom. The molecule has 1 aromatic carbocycles. The van der Waals surface area contributed by atoms with Crippen LogP contribution < -0.4 is 4.90 Å². The number of aryl methyl sites for hydroxylation is 2. The SMILES string of the molecule is Cc1cc2c(cc1Br)N(CC1(CO)COC1)CCC2. The zero-order valence-corrected chi connectivity index (χ0v) is 12.9. The monoisotopic (exact) mass is 325 g/mol. The molecule has 1 aromatic rings. The molecule has 2 heterocycles. The van der Waals surface area contributed by atoms with E-state index in [1.165, 1.54) is 27.7 Å². The summed E-state index contributed by atoms with van der Waals surface area (Å²) in [5.41, 5.74) is 4.00. The smallest absolute Gasteiger partial charge is 0.0584 e. The highest BCUT2D eigenvalue weighted by molar-refractivity contribution is 9.10. The van der Waals surface area contributed by atoms with Crippen molar-refractivity contribution in [2.24, 2.45) is 5.41 Å². The summed E-state index contributed by atoms with van der Waals surface area (Å²) in [6, 6.07) is 4.52. The average molecular weight is 326 g/mol. The van der Waals surface area contributed by atoms with Crippen molar-refractivity contribution in [1.82, 2.24) is 0 Å². The van der Waals surface area contributed by atoms with Crippen LogP contribution in [0.15, 0.2) is 16.6 Å². The van der Waals surface area contributed by atoms with Crippen molar-refractivity contribution in [3.8, 4) is 0 Å². The minimum Gasteiger partial charge on any atom is -0.396 e. The van der Waals surface area contributed by atoms with Gasteiger partial charge in [-0.3, -0.25) is 0 Å². The summed E-state index contributed by atoms with van der Waals surface area (Å²) < 4.78 is 6.47. The summed E-state index contributed by atoms with van der Waals surface area (Å²) in [7, 11) is 0. The predicted molar refractivity (Wildman–Crippen MR) is 79.8 cm³/mol. The van der Waals surface area contributed by atoms with Crippen molar-refractivity contribution in [1.29, 1.82) is 0 Å². The lowest BCUT2D eigenvalue weighted by Crippen LogP contribution is -2.54. The van der Waals surface area contributed by atoms with Crippen LogP contribution in [0.25, 0.3) is 0 Å². The molecule has 0 atom stereocenters. The van der Waals surface area contributed by atoms with Gasteiger partial charge >= 0.3 is 0 Å². The molecule has 0 amide bonds. The van der Waals surface area contributed by atoms with E-state index >= 15 is 0 Å². The number of hydrogen-bond acceptors (Lipinski definition) is 3. The van der Waals surface area contributed by atoms with E-state index in [2.05, 4.69) is 39.9 Å². The van der Waals surface area contributed by atoms with Gasteiger partial charge in [0.1, 0.15) is 0 Å². The van der Waals surface area contributed by atoms with Crippen molar-refractivity contribution in [2.75, 3.05) is 37.8 Å². The molecule has 0 aliphatic carbocycles. The summed E-state index contributed by atoms with van der Waals surface area (Å²) in [5, 5.41) is 9.60. The van der Waals surface area contributed by atoms with Gasteiger partial charge in [-0.05, 0) is 37.0 Å². The van der Waals surface area contributed by atoms with E-state index in [4.69, 9.17) is 4.74 Å². The van der Waals surface area contributed by atoms with Crippen molar-refractivity contribution in [3.63, 3.8) is 0 Å². The molecule has 2 aliphatic rings. The van der Waals surface area contributed by atoms with Gasteiger partial charge in [0.2, 0.25) is 0 Å². The number of aliphatic hydroxyl groups excluding tert-OH is 1. The Balaban J connectivity index is 1.87. The second-order valence-corrected chi connectivity index (χ2v) is 6.76.